The number of morpholine rings is 1. The number of hydrogen-bond donors (Lipinski definition) is 2. The molecular weight excluding hydrogens is 208 g/mol. The van der Waals surface area contributed by atoms with Crippen LogP contribution in [0.4, 0.5) is 0 Å². The summed E-state index contributed by atoms with van der Waals surface area (Å²) in [6.07, 6.45) is 1.93. The Morgan fingerprint density at radius 1 is 1.31 bits per heavy atom. The van der Waals surface area contributed by atoms with Crippen LogP contribution in [0.1, 0.15) is 12.8 Å². The van der Waals surface area contributed by atoms with E-state index in [9.17, 15) is 4.79 Å². The molecule has 0 bridgehead atoms. The third-order valence-corrected chi connectivity index (χ3v) is 3.05. The van der Waals surface area contributed by atoms with E-state index < -0.39 is 0 Å². The second-order valence-electron chi connectivity index (χ2n) is 4.39. The molecule has 16 heavy (non-hydrogen) atoms. The van der Waals surface area contributed by atoms with Crippen LogP contribution in [0.15, 0.2) is 0 Å². The first-order valence-electron chi connectivity index (χ1n) is 6.03. The Hall–Kier alpha value is -0.650. The standard InChI is InChI=1S/C11H20N2O3/c14-11(9-2-1-4-15-7-9)13-6-10-8-16-5-3-12-10/h9-10,12H,1-8H2,(H,13,14). The Morgan fingerprint density at radius 2 is 2.19 bits per heavy atom. The van der Waals surface area contributed by atoms with Gasteiger partial charge in [-0.15, -0.1) is 0 Å². The maximum atomic E-state index is 11.8. The van der Waals surface area contributed by atoms with Crippen LogP contribution in [-0.2, 0) is 14.3 Å². The molecule has 0 aromatic carbocycles. The van der Waals surface area contributed by atoms with E-state index in [0.717, 1.165) is 32.6 Å². The minimum atomic E-state index is 0.0401. The van der Waals surface area contributed by atoms with Crippen LogP contribution in [0.25, 0.3) is 0 Å². The minimum absolute atomic E-state index is 0.0401. The van der Waals surface area contributed by atoms with Gasteiger partial charge in [-0.3, -0.25) is 4.79 Å². The third kappa shape index (κ3) is 3.43. The lowest BCUT2D eigenvalue weighted by Gasteiger charge is -2.26. The summed E-state index contributed by atoms with van der Waals surface area (Å²) in [5, 5.41) is 6.27. The van der Waals surface area contributed by atoms with Crippen molar-refractivity contribution in [1.82, 2.24) is 10.6 Å². The second-order valence-corrected chi connectivity index (χ2v) is 4.39. The largest absolute Gasteiger partial charge is 0.381 e. The zero-order valence-electron chi connectivity index (χ0n) is 9.54. The minimum Gasteiger partial charge on any atom is -0.381 e. The van der Waals surface area contributed by atoms with Crippen LogP contribution in [-0.4, -0.2) is 51.5 Å². The molecule has 5 heteroatoms. The first-order chi connectivity index (χ1) is 7.86. The third-order valence-electron chi connectivity index (χ3n) is 3.05. The van der Waals surface area contributed by atoms with E-state index in [1.807, 2.05) is 0 Å². The molecule has 2 saturated heterocycles. The van der Waals surface area contributed by atoms with Gasteiger partial charge in [0.25, 0.3) is 0 Å². The zero-order valence-corrected chi connectivity index (χ0v) is 9.54. The van der Waals surface area contributed by atoms with Gasteiger partial charge in [-0.1, -0.05) is 0 Å². The Labute approximate surface area is 95.9 Å². The molecule has 0 aromatic rings. The summed E-state index contributed by atoms with van der Waals surface area (Å²) in [5.41, 5.74) is 0. The first kappa shape index (κ1) is 11.8. The number of rotatable bonds is 3. The predicted molar refractivity (Wildman–Crippen MR) is 59.2 cm³/mol. The summed E-state index contributed by atoms with van der Waals surface area (Å²) in [7, 11) is 0. The number of carbonyl (C=O) groups is 1. The molecule has 0 spiro atoms. The van der Waals surface area contributed by atoms with Crippen molar-refractivity contribution in [2.45, 2.75) is 18.9 Å². The molecule has 1 amide bonds. The molecule has 0 radical (unpaired) electrons. The fraction of sp³-hybridized carbons (Fsp3) is 0.909. The van der Waals surface area contributed by atoms with E-state index in [2.05, 4.69) is 10.6 Å². The highest BCUT2D eigenvalue weighted by molar-refractivity contribution is 5.78. The fourth-order valence-electron chi connectivity index (χ4n) is 2.07. The molecule has 0 aliphatic carbocycles. The zero-order chi connectivity index (χ0) is 11.2. The predicted octanol–water partition coefficient (Wildman–Crippen LogP) is -0.482. The normalized spacial score (nSPS) is 31.0. The van der Waals surface area contributed by atoms with Crippen molar-refractivity contribution in [1.29, 1.82) is 0 Å². The molecule has 2 N–H and O–H groups in total. The summed E-state index contributed by atoms with van der Waals surface area (Å²) in [6.45, 7) is 4.33. The molecule has 2 rings (SSSR count). The maximum absolute atomic E-state index is 11.8. The summed E-state index contributed by atoms with van der Waals surface area (Å²) in [4.78, 5) is 11.8. The molecule has 92 valence electrons. The molecular formula is C11H20N2O3. The number of hydrogen-bond acceptors (Lipinski definition) is 4. The molecule has 5 nitrogen and oxygen atoms in total. The molecule has 2 unspecified atom stereocenters. The van der Waals surface area contributed by atoms with Crippen LogP contribution in [0.3, 0.4) is 0 Å². The first-order valence-corrected chi connectivity index (χ1v) is 6.03. The van der Waals surface area contributed by atoms with Gasteiger partial charge in [0.2, 0.25) is 5.91 Å². The average molecular weight is 228 g/mol. The van der Waals surface area contributed by atoms with E-state index in [1.54, 1.807) is 0 Å². The van der Waals surface area contributed by atoms with Gasteiger partial charge in [-0.25, -0.2) is 0 Å². The SMILES string of the molecule is O=C(NCC1COCCN1)C1CCCOC1. The van der Waals surface area contributed by atoms with Crippen molar-refractivity contribution in [3.8, 4) is 0 Å². The number of nitrogens with one attached hydrogen (secondary N) is 2. The smallest absolute Gasteiger partial charge is 0.225 e. The number of amides is 1. The van der Waals surface area contributed by atoms with Gasteiger partial charge in [0, 0.05) is 25.7 Å². The Morgan fingerprint density at radius 3 is 2.88 bits per heavy atom. The lowest BCUT2D eigenvalue weighted by Crippen LogP contribution is -2.49. The second kappa shape index (κ2) is 6.18. The van der Waals surface area contributed by atoms with E-state index in [1.165, 1.54) is 0 Å². The lowest BCUT2D eigenvalue weighted by molar-refractivity contribution is -0.129. The van der Waals surface area contributed by atoms with Crippen molar-refractivity contribution < 1.29 is 14.3 Å². The van der Waals surface area contributed by atoms with Gasteiger partial charge in [0.05, 0.1) is 25.7 Å². The van der Waals surface area contributed by atoms with Crippen LogP contribution in [0.5, 0.6) is 0 Å². The lowest BCUT2D eigenvalue weighted by atomic mass is 10.0. The van der Waals surface area contributed by atoms with Gasteiger partial charge >= 0.3 is 0 Å². The van der Waals surface area contributed by atoms with Crippen molar-refractivity contribution >= 4 is 5.91 Å². The molecule has 2 atom stereocenters. The summed E-state index contributed by atoms with van der Waals surface area (Å²) in [5.74, 6) is 0.158. The monoisotopic (exact) mass is 228 g/mol. The van der Waals surface area contributed by atoms with E-state index in [-0.39, 0.29) is 17.9 Å². The van der Waals surface area contributed by atoms with Crippen LogP contribution in [0.2, 0.25) is 0 Å². The van der Waals surface area contributed by atoms with Gasteiger partial charge < -0.3 is 20.1 Å². The maximum Gasteiger partial charge on any atom is 0.225 e. The van der Waals surface area contributed by atoms with Crippen molar-refractivity contribution in [3.63, 3.8) is 0 Å². The van der Waals surface area contributed by atoms with Crippen molar-refractivity contribution in [2.75, 3.05) is 39.5 Å². The number of carbonyl (C=O) groups excluding carboxylic acids is 1. The van der Waals surface area contributed by atoms with E-state index >= 15 is 0 Å². The average Bonchev–Trinajstić information content (AvgIpc) is 2.38. The molecule has 2 aliphatic rings. The quantitative estimate of drug-likeness (QED) is 0.685. The molecule has 2 aliphatic heterocycles. The summed E-state index contributed by atoms with van der Waals surface area (Å²) < 4.78 is 10.6. The van der Waals surface area contributed by atoms with Crippen molar-refractivity contribution in [2.24, 2.45) is 5.92 Å². The van der Waals surface area contributed by atoms with Gasteiger partial charge in [-0.2, -0.15) is 0 Å². The van der Waals surface area contributed by atoms with E-state index in [0.29, 0.717) is 19.8 Å². The summed E-state index contributed by atoms with van der Waals surface area (Å²) in [6, 6.07) is 0.252. The van der Waals surface area contributed by atoms with Crippen LogP contribution in [0, 0.1) is 5.92 Å². The molecule has 0 aromatic heterocycles. The Bertz CT molecular complexity index is 223. The molecule has 0 saturated carbocycles. The summed E-state index contributed by atoms with van der Waals surface area (Å²) >= 11 is 0. The van der Waals surface area contributed by atoms with Crippen LogP contribution >= 0.6 is 0 Å². The van der Waals surface area contributed by atoms with Gasteiger partial charge in [0.1, 0.15) is 0 Å². The van der Waals surface area contributed by atoms with Crippen LogP contribution < -0.4 is 10.6 Å². The molecule has 2 fully saturated rings. The highest BCUT2D eigenvalue weighted by Gasteiger charge is 2.22. The Kier molecular flexibility index (Phi) is 4.56. The van der Waals surface area contributed by atoms with E-state index in [4.69, 9.17) is 9.47 Å². The highest BCUT2D eigenvalue weighted by Crippen LogP contribution is 2.13. The number of ether oxygens (including phenoxy) is 2. The molecule has 2 heterocycles. The highest BCUT2D eigenvalue weighted by atomic mass is 16.5. The Balaban J connectivity index is 1.65. The van der Waals surface area contributed by atoms with Crippen molar-refractivity contribution in [3.05, 3.63) is 0 Å². The topological polar surface area (TPSA) is 59.6 Å². The van der Waals surface area contributed by atoms with Gasteiger partial charge in [-0.05, 0) is 12.8 Å². The fourth-order valence-corrected chi connectivity index (χ4v) is 2.07. The van der Waals surface area contributed by atoms with Gasteiger partial charge in [0.15, 0.2) is 0 Å².